The molecule has 2 aromatic rings. The second-order valence-electron chi connectivity index (χ2n) is 6.79. The Labute approximate surface area is 160 Å². The molecule has 3 N–H and O–H groups in total. The Morgan fingerprint density at radius 3 is 2.81 bits per heavy atom. The maximum atomic E-state index is 12.9. The van der Waals surface area contributed by atoms with Crippen LogP contribution in [0.25, 0.3) is 0 Å². The summed E-state index contributed by atoms with van der Waals surface area (Å²) < 4.78 is 4.65. The Morgan fingerprint density at radius 2 is 2.07 bits per heavy atom. The molecule has 4 rings (SSSR count). The lowest BCUT2D eigenvalue weighted by Gasteiger charge is -2.26. The predicted octanol–water partition coefficient (Wildman–Crippen LogP) is 2.42. The van der Waals surface area contributed by atoms with Crippen LogP contribution in [-0.2, 0) is 11.2 Å². The predicted molar refractivity (Wildman–Crippen MR) is 100 cm³/mol. The van der Waals surface area contributed by atoms with Crippen LogP contribution in [0.4, 0.5) is 5.69 Å². The molecule has 27 heavy (non-hydrogen) atoms. The average molecular weight is 388 g/mol. The first-order valence-corrected chi connectivity index (χ1v) is 9.05. The normalized spacial score (nSPS) is 20.1. The van der Waals surface area contributed by atoms with Gasteiger partial charge in [0, 0.05) is 29.4 Å². The molecule has 1 fully saturated rings. The van der Waals surface area contributed by atoms with Gasteiger partial charge in [0.25, 0.3) is 5.91 Å². The van der Waals surface area contributed by atoms with Crippen molar-refractivity contribution < 1.29 is 14.3 Å². The molecule has 0 unspecified atom stereocenters. The third-order valence-electron chi connectivity index (χ3n) is 5.08. The summed E-state index contributed by atoms with van der Waals surface area (Å²) in [5.41, 5.74) is 2.39. The average Bonchev–Trinajstić information content (AvgIpc) is 3.02. The number of hydrogen-bond acceptors (Lipinski definition) is 5. The molecule has 1 aromatic carbocycles. The van der Waals surface area contributed by atoms with Gasteiger partial charge in [-0.1, -0.05) is 11.6 Å². The lowest BCUT2D eigenvalue weighted by atomic mass is 9.93. The first-order valence-electron chi connectivity index (χ1n) is 8.67. The van der Waals surface area contributed by atoms with Gasteiger partial charge in [0.15, 0.2) is 0 Å². The Bertz CT molecular complexity index is 1000. The molecule has 2 bridgehead atoms. The molecule has 0 aliphatic carbocycles. The highest BCUT2D eigenvalue weighted by Gasteiger charge is 2.35. The van der Waals surface area contributed by atoms with E-state index < -0.39 is 11.9 Å². The largest absolute Gasteiger partial charge is 0.465 e. The van der Waals surface area contributed by atoms with Gasteiger partial charge in [-0.25, -0.2) is 4.79 Å². The third kappa shape index (κ3) is 3.24. The number of anilines is 1. The molecule has 3 heterocycles. The fourth-order valence-corrected chi connectivity index (χ4v) is 4.16. The molecule has 0 spiro atoms. The Hall–Kier alpha value is -2.64. The number of benzene rings is 1. The second-order valence-corrected chi connectivity index (χ2v) is 7.19. The zero-order valence-electron chi connectivity index (χ0n) is 14.6. The zero-order valence-corrected chi connectivity index (χ0v) is 15.4. The monoisotopic (exact) mass is 387 g/mol. The number of pyridine rings is 1. The number of aromatic nitrogens is 1. The summed E-state index contributed by atoms with van der Waals surface area (Å²) >= 11 is 6.10. The van der Waals surface area contributed by atoms with E-state index in [1.165, 1.54) is 19.2 Å². The highest BCUT2D eigenvalue weighted by Crippen LogP contribution is 2.36. The molecule has 1 saturated heterocycles. The number of methoxy groups -OCH3 is 1. The van der Waals surface area contributed by atoms with E-state index in [0.29, 0.717) is 11.7 Å². The van der Waals surface area contributed by atoms with Crippen molar-refractivity contribution in [1.82, 2.24) is 10.3 Å². The number of halogens is 1. The number of ether oxygens (including phenoxy) is 1. The summed E-state index contributed by atoms with van der Waals surface area (Å²) in [6.45, 7) is 0. The van der Waals surface area contributed by atoms with Crippen LogP contribution in [0.15, 0.2) is 29.1 Å². The lowest BCUT2D eigenvalue weighted by molar-refractivity contribution is 0.0601. The van der Waals surface area contributed by atoms with Gasteiger partial charge < -0.3 is 20.4 Å². The molecule has 2 aliphatic heterocycles. The number of amides is 1. The second kappa shape index (κ2) is 6.83. The number of carbonyl (C=O) groups excluding carboxylic acids is 2. The van der Waals surface area contributed by atoms with Crippen LogP contribution < -0.4 is 16.2 Å². The number of esters is 1. The molecule has 0 radical (unpaired) electrons. The summed E-state index contributed by atoms with van der Waals surface area (Å²) in [5, 5.41) is 6.40. The van der Waals surface area contributed by atoms with Crippen molar-refractivity contribution in [2.45, 2.75) is 31.3 Å². The fourth-order valence-electron chi connectivity index (χ4n) is 3.90. The van der Waals surface area contributed by atoms with Crippen LogP contribution in [0.3, 0.4) is 0 Å². The van der Waals surface area contributed by atoms with Crippen LogP contribution in [0.5, 0.6) is 0 Å². The van der Waals surface area contributed by atoms with Crippen molar-refractivity contribution in [3.05, 3.63) is 62.0 Å². The minimum atomic E-state index is -0.554. The van der Waals surface area contributed by atoms with Gasteiger partial charge in [-0.05, 0) is 43.0 Å². The van der Waals surface area contributed by atoms with E-state index in [1.54, 1.807) is 12.1 Å². The van der Waals surface area contributed by atoms with E-state index in [0.717, 1.165) is 30.4 Å². The van der Waals surface area contributed by atoms with E-state index in [-0.39, 0.29) is 27.9 Å². The summed E-state index contributed by atoms with van der Waals surface area (Å²) in [5.74, 6) is -0.973. The van der Waals surface area contributed by atoms with Gasteiger partial charge >= 0.3 is 5.97 Å². The van der Waals surface area contributed by atoms with Crippen LogP contribution in [-0.4, -0.2) is 30.0 Å². The fraction of sp³-hybridized carbons (Fsp3) is 0.316. The Balaban J connectivity index is 1.65. The third-order valence-corrected chi connectivity index (χ3v) is 5.40. The smallest absolute Gasteiger partial charge is 0.339 e. The van der Waals surface area contributed by atoms with Crippen molar-refractivity contribution in [2.75, 3.05) is 12.4 Å². The molecular formula is C19H18ClN3O4. The van der Waals surface area contributed by atoms with Crippen LogP contribution >= 0.6 is 11.6 Å². The van der Waals surface area contributed by atoms with Gasteiger partial charge in [-0.15, -0.1) is 0 Å². The molecule has 1 aromatic heterocycles. The number of carbonyl (C=O) groups is 2. The highest BCUT2D eigenvalue weighted by molar-refractivity contribution is 6.34. The summed E-state index contributed by atoms with van der Waals surface area (Å²) in [7, 11) is 1.27. The highest BCUT2D eigenvalue weighted by atomic mass is 35.5. The lowest BCUT2D eigenvalue weighted by Crippen LogP contribution is -2.35. The number of aromatic amines is 1. The first kappa shape index (κ1) is 17.8. The van der Waals surface area contributed by atoms with Crippen LogP contribution in [0.2, 0.25) is 5.02 Å². The maximum Gasteiger partial charge on any atom is 0.339 e. The number of rotatable bonds is 3. The SMILES string of the molecule is COC(=O)c1ccc(NC(=O)c2[nH]c(=O)cc3c2[C@H]2CC[C@@H](C3)N2)cc1Cl. The van der Waals surface area contributed by atoms with Crippen molar-refractivity contribution in [3.8, 4) is 0 Å². The summed E-state index contributed by atoms with van der Waals surface area (Å²) in [6.07, 6.45) is 2.71. The number of fused-ring (bicyclic) bond motifs is 4. The van der Waals surface area contributed by atoms with Gasteiger partial charge in [0.1, 0.15) is 5.69 Å². The molecule has 2 atom stereocenters. The standard InChI is InChI=1S/C19H18ClN3O4/c1-27-19(26)12-4-2-11(8-13(12)20)22-18(25)17-16-9(7-15(24)23-17)6-10-3-5-14(16)21-10/h2,4,7-8,10,14,21H,3,5-6H2,1H3,(H,22,25)(H,23,24)/t10-,14+/m0/s1. The minimum absolute atomic E-state index is 0.0710. The van der Waals surface area contributed by atoms with E-state index in [4.69, 9.17) is 11.6 Å². The van der Waals surface area contributed by atoms with Crippen molar-refractivity contribution in [3.63, 3.8) is 0 Å². The molecule has 8 heteroatoms. The topological polar surface area (TPSA) is 100 Å². The summed E-state index contributed by atoms with van der Waals surface area (Å²) in [4.78, 5) is 39.2. The Kier molecular flexibility index (Phi) is 4.49. The zero-order chi connectivity index (χ0) is 19.1. The quantitative estimate of drug-likeness (QED) is 0.702. The molecule has 0 saturated carbocycles. The van der Waals surface area contributed by atoms with E-state index in [9.17, 15) is 14.4 Å². The van der Waals surface area contributed by atoms with Gasteiger partial charge in [-0.3, -0.25) is 9.59 Å². The molecular weight excluding hydrogens is 370 g/mol. The molecule has 140 valence electrons. The summed E-state index contributed by atoms with van der Waals surface area (Å²) in [6, 6.07) is 6.54. The molecule has 7 nitrogen and oxygen atoms in total. The van der Waals surface area contributed by atoms with E-state index >= 15 is 0 Å². The first-order chi connectivity index (χ1) is 13.0. The van der Waals surface area contributed by atoms with Gasteiger partial charge in [0.2, 0.25) is 5.56 Å². The van der Waals surface area contributed by atoms with Gasteiger partial charge in [0.05, 0.1) is 17.7 Å². The van der Waals surface area contributed by atoms with Crippen molar-refractivity contribution in [2.24, 2.45) is 0 Å². The number of H-pyrrole nitrogens is 1. The van der Waals surface area contributed by atoms with Crippen molar-refractivity contribution >= 4 is 29.2 Å². The number of hydrogen-bond donors (Lipinski definition) is 3. The Morgan fingerprint density at radius 1 is 1.26 bits per heavy atom. The minimum Gasteiger partial charge on any atom is -0.465 e. The molecule has 2 aliphatic rings. The van der Waals surface area contributed by atoms with Gasteiger partial charge in [-0.2, -0.15) is 0 Å². The van der Waals surface area contributed by atoms with Crippen molar-refractivity contribution in [1.29, 1.82) is 0 Å². The maximum absolute atomic E-state index is 12.9. The molecule has 1 amide bonds. The van der Waals surface area contributed by atoms with Crippen LogP contribution in [0.1, 0.15) is 50.9 Å². The number of nitrogens with one attached hydrogen (secondary N) is 3. The van der Waals surface area contributed by atoms with E-state index in [1.807, 2.05) is 0 Å². The van der Waals surface area contributed by atoms with E-state index in [2.05, 4.69) is 20.4 Å². The van der Waals surface area contributed by atoms with Crippen LogP contribution in [0, 0.1) is 0 Å².